The number of rotatable bonds is 6. The Hall–Kier alpha value is 0.500. The van der Waals surface area contributed by atoms with Crippen LogP contribution < -0.4 is 0 Å². The number of thiol groups is 1. The molecule has 0 atom stereocenters. The fraction of sp³-hybridized carbons (Fsp3) is 1.00. The molecule has 0 saturated heterocycles. The molecule has 0 radical (unpaired) electrons. The van der Waals surface area contributed by atoms with Crippen molar-refractivity contribution in [2.75, 3.05) is 35.4 Å². The highest BCUT2D eigenvalue weighted by atomic mass is 32.3. The van der Waals surface area contributed by atoms with E-state index in [9.17, 15) is 4.21 Å². The van der Waals surface area contributed by atoms with Crippen LogP contribution in [0.15, 0.2) is 0 Å². The van der Waals surface area contributed by atoms with Gasteiger partial charge in [-0.05, 0) is 37.4 Å². The molecule has 0 aromatic rings. The minimum Gasteiger partial charge on any atom is -0.284 e. The molecule has 0 aromatic heterocycles. The first-order chi connectivity index (χ1) is 5.83. The predicted molar refractivity (Wildman–Crippen MR) is 70.1 cm³/mol. The van der Waals surface area contributed by atoms with E-state index in [0.29, 0.717) is 0 Å². The lowest BCUT2D eigenvalue weighted by Gasteiger charge is -2.35. The lowest BCUT2D eigenvalue weighted by Crippen LogP contribution is -2.23. The second-order valence-electron chi connectivity index (χ2n) is 4.62. The van der Waals surface area contributed by atoms with E-state index in [2.05, 4.69) is 26.4 Å². The molecule has 13 heavy (non-hydrogen) atoms. The summed E-state index contributed by atoms with van der Waals surface area (Å²) in [7, 11) is -2.38. The van der Waals surface area contributed by atoms with Gasteiger partial charge in [0.15, 0.2) is 0 Å². The van der Waals surface area contributed by atoms with Gasteiger partial charge >= 0.3 is 0 Å². The fourth-order valence-corrected chi connectivity index (χ4v) is 10.9. The van der Waals surface area contributed by atoms with Gasteiger partial charge < -0.3 is 0 Å². The monoisotopic (exact) mass is 226 g/mol. The largest absolute Gasteiger partial charge is 0.284 e. The van der Waals surface area contributed by atoms with Crippen LogP contribution in [0.1, 0.15) is 26.7 Å². The van der Waals surface area contributed by atoms with Crippen LogP contribution in [-0.2, 0) is 9.93 Å². The Morgan fingerprint density at radius 3 is 2.08 bits per heavy atom. The molecule has 0 aromatic carbocycles. The van der Waals surface area contributed by atoms with Gasteiger partial charge in [-0.15, -0.1) is 0 Å². The predicted octanol–water partition coefficient (Wildman–Crippen LogP) is 2.47. The molecular formula is C10H26OS2. The van der Waals surface area contributed by atoms with Gasteiger partial charge in [0.2, 0.25) is 0 Å². The Morgan fingerprint density at radius 2 is 1.69 bits per heavy atom. The van der Waals surface area contributed by atoms with E-state index in [0.717, 1.165) is 17.3 Å². The Labute approximate surface area is 86.4 Å². The maximum absolute atomic E-state index is 12.1. The summed E-state index contributed by atoms with van der Waals surface area (Å²) in [6.45, 7) is 4.34. The average molecular weight is 226 g/mol. The zero-order chi connectivity index (χ0) is 10.5. The molecule has 0 heterocycles. The van der Waals surface area contributed by atoms with Crippen LogP contribution in [0.4, 0.5) is 0 Å². The second kappa shape index (κ2) is 5.40. The zero-order valence-electron chi connectivity index (χ0n) is 9.80. The summed E-state index contributed by atoms with van der Waals surface area (Å²) in [5.74, 6) is 2.21. The third kappa shape index (κ3) is 6.55. The first kappa shape index (κ1) is 13.5. The van der Waals surface area contributed by atoms with Crippen molar-refractivity contribution < 1.29 is 4.21 Å². The minimum atomic E-state index is -1.81. The molecule has 0 aliphatic rings. The van der Waals surface area contributed by atoms with E-state index in [1.165, 1.54) is 12.2 Å². The molecular weight excluding hydrogens is 200 g/mol. The topological polar surface area (TPSA) is 17.1 Å². The molecule has 1 nitrogen and oxygen atoms in total. The van der Waals surface area contributed by atoms with E-state index >= 15 is 0 Å². The molecule has 3 heteroatoms. The molecule has 0 aliphatic heterocycles. The summed E-state index contributed by atoms with van der Waals surface area (Å²) >= 11 is 0. The maximum atomic E-state index is 12.1. The smallest absolute Gasteiger partial charge is 0.0308 e. The van der Waals surface area contributed by atoms with Crippen LogP contribution in [0, 0.1) is 0 Å². The lowest BCUT2D eigenvalue weighted by atomic mass is 10.6. The van der Waals surface area contributed by atoms with Gasteiger partial charge in [-0.1, -0.05) is 23.8 Å². The van der Waals surface area contributed by atoms with E-state index in [-0.39, 0.29) is 0 Å². The van der Waals surface area contributed by atoms with Crippen molar-refractivity contribution in [2.24, 2.45) is 0 Å². The van der Waals surface area contributed by atoms with Gasteiger partial charge in [-0.3, -0.25) is 4.21 Å². The molecule has 0 unspecified atom stereocenters. The Bertz CT molecular complexity index is 187. The molecule has 84 valence electrons. The van der Waals surface area contributed by atoms with Crippen molar-refractivity contribution in [3.63, 3.8) is 0 Å². The molecule has 0 bridgehead atoms. The van der Waals surface area contributed by atoms with Gasteiger partial charge in [0.25, 0.3) is 0 Å². The second-order valence-corrected chi connectivity index (χ2v) is 12.6. The van der Waals surface area contributed by atoms with E-state index in [1.807, 2.05) is 6.26 Å². The molecule has 0 spiro atoms. The standard InChI is InChI=1S/C10H26OS2/c1-6-8-12(3,4)10-13(5,11)9-7-2/h13H,6-10H2,1-5H3. The van der Waals surface area contributed by atoms with Crippen molar-refractivity contribution in [2.45, 2.75) is 26.7 Å². The summed E-state index contributed by atoms with van der Waals surface area (Å²) in [6.07, 6.45) is 8.93. The maximum Gasteiger partial charge on any atom is 0.0308 e. The van der Waals surface area contributed by atoms with E-state index in [1.54, 1.807) is 0 Å². The fourth-order valence-electron chi connectivity index (χ4n) is 1.89. The van der Waals surface area contributed by atoms with Crippen molar-refractivity contribution in [1.82, 2.24) is 0 Å². The van der Waals surface area contributed by atoms with Crippen LogP contribution in [-0.4, -0.2) is 39.6 Å². The van der Waals surface area contributed by atoms with Gasteiger partial charge in [0, 0.05) is 10.8 Å². The highest BCUT2D eigenvalue weighted by Crippen LogP contribution is 2.42. The van der Waals surface area contributed by atoms with Gasteiger partial charge in [-0.25, -0.2) is 10.0 Å². The molecule has 0 N–H and O–H groups in total. The van der Waals surface area contributed by atoms with Gasteiger partial charge in [0.05, 0.1) is 0 Å². The average Bonchev–Trinajstić information content (AvgIpc) is 1.82. The molecule has 0 rings (SSSR count). The van der Waals surface area contributed by atoms with Crippen molar-refractivity contribution in [1.29, 1.82) is 0 Å². The highest BCUT2D eigenvalue weighted by Gasteiger charge is 2.18. The normalized spacial score (nSPS) is 15.8. The van der Waals surface area contributed by atoms with Gasteiger partial charge in [-0.2, -0.15) is 0 Å². The summed E-state index contributed by atoms with van der Waals surface area (Å²) in [4.78, 5) is 0. The SMILES string of the molecule is CCCS(C)(C)C[SH](C)(=O)CCC. The van der Waals surface area contributed by atoms with Crippen molar-refractivity contribution >= 4 is 20.0 Å². The minimum absolute atomic E-state index is 0.575. The molecule has 0 saturated carbocycles. The third-order valence-corrected chi connectivity index (χ3v) is 9.96. The summed E-state index contributed by atoms with van der Waals surface area (Å²) in [6, 6.07) is 0. The summed E-state index contributed by atoms with van der Waals surface area (Å²) in [5.41, 5.74) is 0. The Kier molecular flexibility index (Phi) is 5.61. The van der Waals surface area contributed by atoms with E-state index < -0.39 is 20.0 Å². The molecule has 0 fully saturated rings. The summed E-state index contributed by atoms with van der Waals surface area (Å²) in [5, 5.41) is 1.00. The van der Waals surface area contributed by atoms with E-state index in [4.69, 9.17) is 0 Å². The molecule has 0 aliphatic carbocycles. The number of hydrogen-bond acceptors (Lipinski definition) is 1. The van der Waals surface area contributed by atoms with Crippen LogP contribution in [0.5, 0.6) is 0 Å². The first-order valence-electron chi connectivity index (χ1n) is 5.07. The third-order valence-electron chi connectivity index (χ3n) is 2.08. The Morgan fingerprint density at radius 1 is 1.15 bits per heavy atom. The van der Waals surface area contributed by atoms with Gasteiger partial charge in [0.1, 0.15) is 0 Å². The highest BCUT2D eigenvalue weighted by molar-refractivity contribution is 8.39. The Balaban J connectivity index is 4.16. The first-order valence-corrected chi connectivity index (χ1v) is 10.4. The van der Waals surface area contributed by atoms with Crippen molar-refractivity contribution in [3.8, 4) is 0 Å². The summed E-state index contributed by atoms with van der Waals surface area (Å²) < 4.78 is 12.1. The van der Waals surface area contributed by atoms with Crippen LogP contribution >= 0.6 is 10.0 Å². The lowest BCUT2D eigenvalue weighted by molar-refractivity contribution is 0.676. The molecule has 0 amide bonds. The quantitative estimate of drug-likeness (QED) is 0.689. The van der Waals surface area contributed by atoms with Crippen LogP contribution in [0.3, 0.4) is 0 Å². The zero-order valence-corrected chi connectivity index (χ0v) is 11.5. The van der Waals surface area contributed by atoms with Crippen molar-refractivity contribution in [3.05, 3.63) is 0 Å². The van der Waals surface area contributed by atoms with Crippen LogP contribution in [0.25, 0.3) is 0 Å². The van der Waals surface area contributed by atoms with Crippen LogP contribution in [0.2, 0.25) is 0 Å². The number of hydrogen-bond donors (Lipinski definition) is 1.